The maximum Gasteiger partial charge on any atom is 0.414 e. The second kappa shape index (κ2) is 15.5. The van der Waals surface area contributed by atoms with Crippen molar-refractivity contribution in [3.8, 4) is 0 Å². The predicted octanol–water partition coefficient (Wildman–Crippen LogP) is 1.78. The standard InChI is InChI=1S/C23H29N3O2S2.2C2H2O4/c1-24(2)30(27,28)18-10-11-23-21(17-18)19(20-7-4-5-9-22(20)29-23)8-6-12-26-15-13-25(3)14-16-26;2*3-1(4)2(5)6/h4-5,7-11,17H,6,12-16H2,1-3H3;2*(H,3,4)(H,5,6)/b19-8-;;. The largest absolute Gasteiger partial charge is 0.473 e. The molecule has 0 atom stereocenters. The molecule has 228 valence electrons. The van der Waals surface area contributed by atoms with Crippen LogP contribution in [-0.2, 0) is 29.2 Å². The van der Waals surface area contributed by atoms with Gasteiger partial charge in [-0.1, -0.05) is 36.0 Å². The SMILES string of the molecule is CN1CCN(CC/C=C2/c3ccccc3Sc3ccc(S(=O)(=O)N(C)C)cc32)CC1.O=C(O)C(=O)O.O=C(O)C(=O)O. The molecule has 2 aliphatic rings. The molecule has 4 N–H and O–H groups in total. The fraction of sp³-hybridized carbons (Fsp3) is 0.333. The molecule has 13 nitrogen and oxygen atoms in total. The number of rotatable bonds is 5. The molecule has 2 heterocycles. The highest BCUT2D eigenvalue weighted by molar-refractivity contribution is 7.99. The van der Waals surface area contributed by atoms with Crippen LogP contribution in [0.2, 0.25) is 0 Å². The maximum atomic E-state index is 12.7. The third-order valence-corrected chi connectivity index (χ3v) is 9.14. The number of hydrogen-bond donors (Lipinski definition) is 4. The van der Waals surface area contributed by atoms with E-state index in [2.05, 4.69) is 47.2 Å². The zero-order valence-electron chi connectivity index (χ0n) is 23.3. The van der Waals surface area contributed by atoms with E-state index in [4.69, 9.17) is 39.6 Å². The van der Waals surface area contributed by atoms with Crippen LogP contribution < -0.4 is 0 Å². The molecule has 2 aliphatic heterocycles. The second-order valence-corrected chi connectivity index (χ2v) is 12.6. The summed E-state index contributed by atoms with van der Waals surface area (Å²) in [4.78, 5) is 43.9. The summed E-state index contributed by atoms with van der Waals surface area (Å²) in [6.07, 6.45) is 3.24. The highest BCUT2D eigenvalue weighted by Crippen LogP contribution is 2.46. The van der Waals surface area contributed by atoms with E-state index < -0.39 is 33.9 Å². The third kappa shape index (κ3) is 9.66. The average Bonchev–Trinajstić information content (AvgIpc) is 2.94. The van der Waals surface area contributed by atoms with Gasteiger partial charge in [-0.25, -0.2) is 31.9 Å². The quantitative estimate of drug-likeness (QED) is 0.301. The van der Waals surface area contributed by atoms with E-state index in [9.17, 15) is 8.42 Å². The van der Waals surface area contributed by atoms with Crippen LogP contribution in [0, 0.1) is 0 Å². The summed E-state index contributed by atoms with van der Waals surface area (Å²) in [6, 6.07) is 13.9. The van der Waals surface area contributed by atoms with E-state index in [0.29, 0.717) is 4.90 Å². The molecule has 15 heteroatoms. The molecule has 0 bridgehead atoms. The van der Waals surface area contributed by atoms with Crippen LogP contribution in [0.15, 0.2) is 63.2 Å². The Morgan fingerprint density at radius 3 is 1.88 bits per heavy atom. The summed E-state index contributed by atoms with van der Waals surface area (Å²) >= 11 is 1.71. The molecular formula is C27H33N3O10S2. The summed E-state index contributed by atoms with van der Waals surface area (Å²) in [6.45, 7) is 5.47. The van der Waals surface area contributed by atoms with E-state index in [1.807, 2.05) is 12.1 Å². The fourth-order valence-electron chi connectivity index (χ4n) is 3.90. The third-order valence-electron chi connectivity index (χ3n) is 6.17. The smallest absolute Gasteiger partial charge is 0.414 e. The van der Waals surface area contributed by atoms with Gasteiger partial charge in [0.25, 0.3) is 0 Å². The first kappa shape index (κ1) is 34.4. The van der Waals surface area contributed by atoms with Gasteiger partial charge in [-0.2, -0.15) is 0 Å². The monoisotopic (exact) mass is 623 g/mol. The molecule has 2 aromatic rings. The van der Waals surface area contributed by atoms with Gasteiger partial charge < -0.3 is 30.2 Å². The van der Waals surface area contributed by atoms with Gasteiger partial charge in [-0.3, -0.25) is 0 Å². The van der Waals surface area contributed by atoms with Crippen LogP contribution in [0.1, 0.15) is 17.5 Å². The van der Waals surface area contributed by atoms with Crippen molar-refractivity contribution in [3.05, 3.63) is 59.7 Å². The minimum Gasteiger partial charge on any atom is -0.473 e. The van der Waals surface area contributed by atoms with Gasteiger partial charge in [-0.15, -0.1) is 0 Å². The summed E-state index contributed by atoms with van der Waals surface area (Å²) < 4.78 is 26.7. The van der Waals surface area contributed by atoms with Crippen molar-refractivity contribution in [3.63, 3.8) is 0 Å². The van der Waals surface area contributed by atoms with Crippen molar-refractivity contribution in [2.75, 3.05) is 53.9 Å². The Hall–Kier alpha value is -3.76. The number of nitrogens with zero attached hydrogens (tertiary/aromatic N) is 3. The lowest BCUT2D eigenvalue weighted by atomic mass is 9.96. The van der Waals surface area contributed by atoms with Crippen LogP contribution in [0.4, 0.5) is 0 Å². The molecule has 42 heavy (non-hydrogen) atoms. The topological polar surface area (TPSA) is 193 Å². The lowest BCUT2D eigenvalue weighted by molar-refractivity contribution is -0.159. The number of likely N-dealkylation sites (N-methyl/N-ethyl adjacent to an activating group) is 1. The van der Waals surface area contributed by atoms with Crippen molar-refractivity contribution in [1.29, 1.82) is 0 Å². The Morgan fingerprint density at radius 1 is 0.833 bits per heavy atom. The van der Waals surface area contributed by atoms with Crippen LogP contribution >= 0.6 is 11.8 Å². The number of carboxylic acids is 4. The highest BCUT2D eigenvalue weighted by atomic mass is 32.2. The zero-order chi connectivity index (χ0) is 31.6. The molecule has 0 aromatic heterocycles. The van der Waals surface area contributed by atoms with Gasteiger partial charge in [0.15, 0.2) is 0 Å². The summed E-state index contributed by atoms with van der Waals surface area (Å²) in [5.74, 6) is -7.30. The first-order valence-corrected chi connectivity index (χ1v) is 14.8. The Labute approximate surface area is 247 Å². The van der Waals surface area contributed by atoms with E-state index in [1.165, 1.54) is 14.8 Å². The van der Waals surface area contributed by atoms with E-state index in [0.717, 1.165) is 55.2 Å². The van der Waals surface area contributed by atoms with Gasteiger partial charge >= 0.3 is 23.9 Å². The van der Waals surface area contributed by atoms with Crippen molar-refractivity contribution in [2.24, 2.45) is 0 Å². The van der Waals surface area contributed by atoms with Crippen LogP contribution in [0.25, 0.3) is 5.57 Å². The number of piperazine rings is 1. The first-order valence-electron chi connectivity index (χ1n) is 12.5. The molecule has 0 aliphatic carbocycles. The first-order chi connectivity index (χ1) is 19.6. The minimum absolute atomic E-state index is 0.344. The zero-order valence-corrected chi connectivity index (χ0v) is 24.9. The number of carbonyl (C=O) groups is 4. The number of fused-ring (bicyclic) bond motifs is 2. The highest BCUT2D eigenvalue weighted by Gasteiger charge is 2.25. The Kier molecular flexibility index (Phi) is 12.7. The molecule has 0 amide bonds. The number of carboxylic acid groups (broad SMARTS) is 4. The maximum absolute atomic E-state index is 12.7. The average molecular weight is 624 g/mol. The Bertz CT molecular complexity index is 1400. The van der Waals surface area contributed by atoms with Crippen LogP contribution in [0.3, 0.4) is 0 Å². The van der Waals surface area contributed by atoms with Gasteiger partial charge in [0.05, 0.1) is 4.90 Å². The van der Waals surface area contributed by atoms with Crippen molar-refractivity contribution >= 4 is 51.2 Å². The molecule has 2 aromatic carbocycles. The summed E-state index contributed by atoms with van der Waals surface area (Å²) in [5.41, 5.74) is 3.34. The number of benzene rings is 2. The van der Waals surface area contributed by atoms with Crippen molar-refractivity contribution in [2.45, 2.75) is 21.1 Å². The summed E-state index contributed by atoms with van der Waals surface area (Å²) in [5, 5.41) is 29.6. The second-order valence-electron chi connectivity index (χ2n) is 9.32. The van der Waals surface area contributed by atoms with E-state index >= 15 is 0 Å². The predicted molar refractivity (Wildman–Crippen MR) is 154 cm³/mol. The molecule has 1 saturated heterocycles. The van der Waals surface area contributed by atoms with Gasteiger partial charge in [0, 0.05) is 56.6 Å². The molecule has 0 radical (unpaired) electrons. The minimum atomic E-state index is -3.47. The molecule has 4 rings (SSSR count). The van der Waals surface area contributed by atoms with Crippen molar-refractivity contribution < 1.29 is 48.0 Å². The lowest BCUT2D eigenvalue weighted by Gasteiger charge is -2.32. The van der Waals surface area contributed by atoms with Crippen LogP contribution in [0.5, 0.6) is 0 Å². The normalized spacial score (nSPS) is 15.8. The number of sulfonamides is 1. The Morgan fingerprint density at radius 2 is 1.36 bits per heavy atom. The Balaban J connectivity index is 0.000000434. The van der Waals surface area contributed by atoms with Gasteiger partial charge in [-0.05, 0) is 54.4 Å². The lowest BCUT2D eigenvalue weighted by Crippen LogP contribution is -2.44. The van der Waals surface area contributed by atoms with Crippen LogP contribution in [-0.4, -0.2) is 121 Å². The molecule has 0 unspecified atom stereocenters. The molecule has 1 fully saturated rings. The molecular weight excluding hydrogens is 590 g/mol. The number of hydrogen-bond acceptors (Lipinski definition) is 9. The number of aliphatic carboxylic acids is 4. The van der Waals surface area contributed by atoms with Gasteiger partial charge in [0.2, 0.25) is 10.0 Å². The van der Waals surface area contributed by atoms with Gasteiger partial charge in [0.1, 0.15) is 0 Å². The van der Waals surface area contributed by atoms with Crippen molar-refractivity contribution in [1.82, 2.24) is 14.1 Å². The summed E-state index contributed by atoms with van der Waals surface area (Å²) in [7, 11) is 1.85. The molecule has 0 saturated carbocycles. The van der Waals surface area contributed by atoms with E-state index in [-0.39, 0.29) is 0 Å². The molecule has 0 spiro atoms. The van der Waals surface area contributed by atoms with E-state index in [1.54, 1.807) is 31.9 Å². The fourth-order valence-corrected chi connectivity index (χ4v) is 5.92.